The van der Waals surface area contributed by atoms with Crippen LogP contribution >= 0.6 is 15.9 Å². The molecule has 0 unspecified atom stereocenters. The van der Waals surface area contributed by atoms with Crippen molar-refractivity contribution in [2.75, 3.05) is 6.26 Å². The lowest BCUT2D eigenvalue weighted by atomic mass is 10.3. The van der Waals surface area contributed by atoms with Gasteiger partial charge < -0.3 is 4.55 Å². The lowest BCUT2D eigenvalue weighted by Crippen LogP contribution is -1.88. The average Bonchev–Trinajstić information content (AvgIpc) is 2.03. The van der Waals surface area contributed by atoms with Crippen LogP contribution in [0.1, 0.15) is 0 Å². The maximum absolute atomic E-state index is 9.08. The predicted octanol–water partition coefficient (Wildman–Crippen LogP) is 2.10. The molecule has 1 aromatic carbocycles. The summed E-state index contributed by atoms with van der Waals surface area (Å²) in [6.07, 6.45) is 0.604. The predicted molar refractivity (Wildman–Crippen MR) is 54.5 cm³/mol. The quantitative estimate of drug-likeness (QED) is 0.537. The van der Waals surface area contributed by atoms with Crippen molar-refractivity contribution in [3.05, 3.63) is 33.7 Å². The standard InChI is InChI=1S/C6H4BrN2.CH4O3S/c7-5-1-3-6(9-8)4-2-5;1-5(2,3)4/h1-4H;1H3,(H,2,3,4)/q+1;/p-1. The molecular formula is C7H7BrN2O3S. The highest BCUT2D eigenvalue weighted by Gasteiger charge is 1.99. The van der Waals surface area contributed by atoms with Crippen molar-refractivity contribution >= 4 is 31.7 Å². The van der Waals surface area contributed by atoms with Crippen LogP contribution in [-0.2, 0) is 10.1 Å². The number of halogens is 1. The minimum absolute atomic E-state index is 0.568. The number of hydrogen-bond acceptors (Lipinski definition) is 4. The fourth-order valence-electron chi connectivity index (χ4n) is 0.508. The zero-order valence-electron chi connectivity index (χ0n) is 7.21. The zero-order chi connectivity index (χ0) is 11.2. The van der Waals surface area contributed by atoms with Crippen molar-refractivity contribution in [2.24, 2.45) is 0 Å². The smallest absolute Gasteiger partial charge is 0.385 e. The van der Waals surface area contributed by atoms with Gasteiger partial charge in [-0.25, -0.2) is 8.42 Å². The monoisotopic (exact) mass is 278 g/mol. The minimum Gasteiger partial charge on any atom is -0.748 e. The van der Waals surface area contributed by atoms with Crippen molar-refractivity contribution in [2.45, 2.75) is 0 Å². The van der Waals surface area contributed by atoms with Gasteiger partial charge >= 0.3 is 5.69 Å². The number of nitrogens with zero attached hydrogens (tertiary/aromatic N) is 2. The van der Waals surface area contributed by atoms with Gasteiger partial charge in [-0.2, -0.15) is 0 Å². The summed E-state index contributed by atoms with van der Waals surface area (Å²) in [5.74, 6) is 0. The first-order valence-corrected chi connectivity index (χ1v) is 5.95. The Morgan fingerprint density at radius 1 is 1.36 bits per heavy atom. The highest BCUT2D eigenvalue weighted by molar-refractivity contribution is 9.10. The Bertz CT molecular complexity index is 413. The Balaban J connectivity index is 0.000000292. The van der Waals surface area contributed by atoms with E-state index in [0.717, 1.165) is 4.47 Å². The van der Waals surface area contributed by atoms with Gasteiger partial charge in [0.2, 0.25) is 5.39 Å². The third-order valence-corrected chi connectivity index (χ3v) is 1.47. The molecule has 7 heteroatoms. The largest absolute Gasteiger partial charge is 0.748 e. The normalized spacial score (nSPS) is 9.57. The molecule has 0 bridgehead atoms. The fraction of sp³-hybridized carbons (Fsp3) is 0.143. The second-order valence-electron chi connectivity index (χ2n) is 2.28. The Labute approximate surface area is 90.3 Å². The summed E-state index contributed by atoms with van der Waals surface area (Å²) in [7, 11) is -3.92. The van der Waals surface area contributed by atoms with Gasteiger partial charge in [-0.05, 0) is 12.1 Å². The highest BCUT2D eigenvalue weighted by atomic mass is 79.9. The van der Waals surface area contributed by atoms with Crippen LogP contribution in [0.25, 0.3) is 4.98 Å². The van der Waals surface area contributed by atoms with Crippen LogP contribution in [0.3, 0.4) is 0 Å². The zero-order valence-corrected chi connectivity index (χ0v) is 9.62. The first kappa shape index (κ1) is 13.0. The SMILES string of the molecule is CS(=O)(=O)[O-].N#[N+]c1ccc(Br)cc1. The van der Waals surface area contributed by atoms with E-state index in [1.807, 2.05) is 12.1 Å². The molecule has 1 rings (SSSR count). The number of benzene rings is 1. The van der Waals surface area contributed by atoms with Crippen molar-refractivity contribution < 1.29 is 13.0 Å². The first-order valence-electron chi connectivity index (χ1n) is 3.34. The van der Waals surface area contributed by atoms with Crippen molar-refractivity contribution in [1.29, 1.82) is 5.39 Å². The number of diazo groups is 1. The molecule has 0 aliphatic carbocycles. The molecule has 0 atom stereocenters. The summed E-state index contributed by atoms with van der Waals surface area (Å²) in [6, 6.07) is 7.05. The van der Waals surface area contributed by atoms with Crippen LogP contribution < -0.4 is 0 Å². The minimum atomic E-state index is -3.92. The number of rotatable bonds is 0. The molecule has 5 nitrogen and oxygen atoms in total. The molecule has 0 N–H and O–H groups in total. The van der Waals surface area contributed by atoms with Crippen molar-refractivity contribution in [3.63, 3.8) is 0 Å². The van der Waals surface area contributed by atoms with Crippen LogP contribution in [0.4, 0.5) is 5.69 Å². The van der Waals surface area contributed by atoms with E-state index in [4.69, 9.17) is 18.4 Å². The molecule has 0 heterocycles. The van der Waals surface area contributed by atoms with E-state index in [2.05, 4.69) is 20.9 Å². The lowest BCUT2D eigenvalue weighted by Gasteiger charge is -1.90. The van der Waals surface area contributed by atoms with Gasteiger partial charge in [0.1, 0.15) is 0 Å². The second kappa shape index (κ2) is 5.70. The van der Waals surface area contributed by atoms with Crippen LogP contribution in [0.2, 0.25) is 0 Å². The third-order valence-electron chi connectivity index (χ3n) is 0.942. The Morgan fingerprint density at radius 3 is 2.00 bits per heavy atom. The van der Waals surface area contributed by atoms with Crippen LogP contribution in [0.15, 0.2) is 28.7 Å². The molecule has 0 radical (unpaired) electrons. The molecule has 0 spiro atoms. The molecule has 76 valence electrons. The van der Waals surface area contributed by atoms with E-state index in [9.17, 15) is 0 Å². The molecule has 0 saturated heterocycles. The van der Waals surface area contributed by atoms with E-state index in [-0.39, 0.29) is 0 Å². The molecule has 0 fully saturated rings. The van der Waals surface area contributed by atoms with Crippen LogP contribution in [-0.4, -0.2) is 19.2 Å². The van der Waals surface area contributed by atoms with E-state index in [1.54, 1.807) is 12.1 Å². The van der Waals surface area contributed by atoms with Gasteiger partial charge in [0, 0.05) is 22.9 Å². The third kappa shape index (κ3) is 9.12. The molecule has 0 saturated carbocycles. The summed E-state index contributed by atoms with van der Waals surface area (Å²) in [5, 5.41) is 8.24. The summed E-state index contributed by atoms with van der Waals surface area (Å²) in [6.45, 7) is 0. The molecule has 0 aliphatic rings. The summed E-state index contributed by atoms with van der Waals surface area (Å²) in [5.41, 5.74) is 0.568. The maximum Gasteiger partial charge on any atom is 0.385 e. The topological polar surface area (TPSA) is 85.4 Å². The fourth-order valence-corrected chi connectivity index (χ4v) is 0.772. The molecule has 14 heavy (non-hydrogen) atoms. The van der Waals surface area contributed by atoms with E-state index in [0.29, 0.717) is 11.9 Å². The van der Waals surface area contributed by atoms with E-state index in [1.165, 1.54) is 0 Å². The van der Waals surface area contributed by atoms with Gasteiger partial charge in [-0.3, -0.25) is 0 Å². The van der Waals surface area contributed by atoms with Gasteiger partial charge in [-0.1, -0.05) is 15.9 Å². The van der Waals surface area contributed by atoms with Crippen molar-refractivity contribution in [1.82, 2.24) is 0 Å². The highest BCUT2D eigenvalue weighted by Crippen LogP contribution is 2.15. The number of hydrogen-bond donors (Lipinski definition) is 0. The van der Waals surface area contributed by atoms with Crippen LogP contribution in [0, 0.1) is 5.39 Å². The summed E-state index contributed by atoms with van der Waals surface area (Å²) in [4.78, 5) is 2.99. The molecular weight excluding hydrogens is 272 g/mol. The Morgan fingerprint density at radius 2 is 1.71 bits per heavy atom. The molecule has 0 amide bonds. The van der Waals surface area contributed by atoms with Crippen molar-refractivity contribution in [3.8, 4) is 0 Å². The second-order valence-corrected chi connectivity index (χ2v) is 4.60. The van der Waals surface area contributed by atoms with E-state index < -0.39 is 10.1 Å². The molecule has 0 aromatic heterocycles. The average molecular weight is 279 g/mol. The van der Waals surface area contributed by atoms with Gasteiger partial charge in [0.25, 0.3) is 0 Å². The molecule has 0 aliphatic heterocycles. The first-order chi connectivity index (χ1) is 6.33. The molecule has 1 aromatic rings. The van der Waals surface area contributed by atoms with E-state index >= 15 is 0 Å². The summed E-state index contributed by atoms with van der Waals surface area (Å²) < 4.78 is 28.2. The summed E-state index contributed by atoms with van der Waals surface area (Å²) >= 11 is 3.25. The Hall–Kier alpha value is -0.970. The van der Waals surface area contributed by atoms with Gasteiger partial charge in [0.05, 0.1) is 10.1 Å². The lowest BCUT2D eigenvalue weighted by molar-refractivity contribution is 0.470. The van der Waals surface area contributed by atoms with Gasteiger partial charge in [0.15, 0.2) is 4.98 Å². The maximum atomic E-state index is 9.08. The van der Waals surface area contributed by atoms with Crippen LogP contribution in [0.5, 0.6) is 0 Å². The van der Waals surface area contributed by atoms with Gasteiger partial charge in [-0.15, -0.1) is 0 Å². The Kier molecular flexibility index (Phi) is 5.30.